The summed E-state index contributed by atoms with van der Waals surface area (Å²) in [5.41, 5.74) is 9.51. The fourth-order valence-corrected chi connectivity index (χ4v) is 4.03. The predicted octanol–water partition coefficient (Wildman–Crippen LogP) is 3.84. The van der Waals surface area contributed by atoms with E-state index in [1.165, 1.54) is 31.2 Å². The number of carbonyl (C=O) groups excluding carboxylic acids is 1. The molecular weight excluding hydrogens is 310 g/mol. The third kappa shape index (κ3) is 4.90. The van der Waals surface area contributed by atoms with Gasteiger partial charge in [-0.15, -0.1) is 0 Å². The second kappa shape index (κ2) is 8.59. The molecule has 3 rings (SSSR count). The number of nitrogens with zero attached hydrogens (tertiary/aromatic N) is 2. The van der Waals surface area contributed by atoms with Crippen LogP contribution in [0.2, 0.25) is 0 Å². The number of nitrogens with two attached hydrogens (primary N) is 1. The Morgan fingerprint density at radius 3 is 2.40 bits per heavy atom. The SMILES string of the molecule is CC1CCN(c2ccc(CCC(=O)N3CCCCCC3)cc2N)CC1. The van der Waals surface area contributed by atoms with Gasteiger partial charge in [-0.25, -0.2) is 0 Å². The lowest BCUT2D eigenvalue weighted by molar-refractivity contribution is -0.131. The van der Waals surface area contributed by atoms with Gasteiger partial charge in [-0.05, 0) is 55.7 Å². The fraction of sp³-hybridized carbons (Fsp3) is 0.667. The number of nitrogen functional groups attached to an aromatic ring is 1. The van der Waals surface area contributed by atoms with E-state index in [4.69, 9.17) is 5.73 Å². The number of likely N-dealkylation sites (tertiary alicyclic amines) is 1. The standard InChI is InChI=1S/C21H33N3O/c1-17-10-14-23(15-11-17)20-8-6-18(16-19(20)22)7-9-21(25)24-12-4-2-3-5-13-24/h6,8,16-17H,2-5,7,9-15,22H2,1H3. The number of carbonyl (C=O) groups is 1. The van der Waals surface area contributed by atoms with Crippen molar-refractivity contribution >= 4 is 17.3 Å². The fourth-order valence-electron chi connectivity index (χ4n) is 4.03. The number of rotatable bonds is 4. The van der Waals surface area contributed by atoms with Crippen molar-refractivity contribution in [1.29, 1.82) is 0 Å². The van der Waals surface area contributed by atoms with Gasteiger partial charge in [-0.1, -0.05) is 25.8 Å². The van der Waals surface area contributed by atoms with Gasteiger partial charge in [-0.3, -0.25) is 4.79 Å². The lowest BCUT2D eigenvalue weighted by Crippen LogP contribution is -2.33. The highest BCUT2D eigenvalue weighted by Crippen LogP contribution is 2.29. The molecule has 2 saturated heterocycles. The minimum absolute atomic E-state index is 0.301. The quantitative estimate of drug-likeness (QED) is 0.845. The van der Waals surface area contributed by atoms with Gasteiger partial charge >= 0.3 is 0 Å². The normalized spacial score (nSPS) is 19.7. The predicted molar refractivity (Wildman–Crippen MR) is 105 cm³/mol. The van der Waals surface area contributed by atoms with Gasteiger partial charge in [0, 0.05) is 32.6 Å². The Kier molecular flexibility index (Phi) is 6.22. The van der Waals surface area contributed by atoms with Crippen molar-refractivity contribution in [3.8, 4) is 0 Å². The van der Waals surface area contributed by atoms with E-state index in [1.54, 1.807) is 0 Å². The molecule has 0 aromatic heterocycles. The average molecular weight is 344 g/mol. The van der Waals surface area contributed by atoms with Gasteiger partial charge in [0.1, 0.15) is 0 Å². The summed E-state index contributed by atoms with van der Waals surface area (Å²) in [7, 11) is 0. The second-order valence-corrected chi connectivity index (χ2v) is 7.86. The molecule has 0 bridgehead atoms. The first-order chi connectivity index (χ1) is 12.1. The van der Waals surface area contributed by atoms with Crippen LogP contribution < -0.4 is 10.6 Å². The Morgan fingerprint density at radius 2 is 1.76 bits per heavy atom. The van der Waals surface area contributed by atoms with Crippen molar-refractivity contribution in [2.45, 2.75) is 58.3 Å². The number of amides is 1. The number of hydrogen-bond donors (Lipinski definition) is 1. The van der Waals surface area contributed by atoms with Gasteiger partial charge in [0.2, 0.25) is 5.91 Å². The highest BCUT2D eigenvalue weighted by atomic mass is 16.2. The maximum absolute atomic E-state index is 12.4. The van der Waals surface area contributed by atoms with Crippen LogP contribution in [0.4, 0.5) is 11.4 Å². The highest BCUT2D eigenvalue weighted by molar-refractivity contribution is 5.76. The van der Waals surface area contributed by atoms with Crippen LogP contribution in [0.3, 0.4) is 0 Å². The van der Waals surface area contributed by atoms with Gasteiger partial charge in [-0.2, -0.15) is 0 Å². The van der Waals surface area contributed by atoms with Crippen molar-refractivity contribution < 1.29 is 4.79 Å². The van der Waals surface area contributed by atoms with Crippen molar-refractivity contribution in [3.63, 3.8) is 0 Å². The van der Waals surface area contributed by atoms with E-state index in [9.17, 15) is 4.79 Å². The van der Waals surface area contributed by atoms with Crippen LogP contribution in [0.1, 0.15) is 57.4 Å². The van der Waals surface area contributed by atoms with Crippen LogP contribution in [0.25, 0.3) is 0 Å². The summed E-state index contributed by atoms with van der Waals surface area (Å²) in [6.45, 7) is 6.39. The van der Waals surface area contributed by atoms with Gasteiger partial charge in [0.15, 0.2) is 0 Å². The molecule has 0 unspecified atom stereocenters. The van der Waals surface area contributed by atoms with E-state index in [1.807, 2.05) is 0 Å². The molecule has 2 heterocycles. The van der Waals surface area contributed by atoms with Crippen LogP contribution in [-0.4, -0.2) is 37.0 Å². The van der Waals surface area contributed by atoms with Crippen LogP contribution in [0, 0.1) is 5.92 Å². The Hall–Kier alpha value is -1.71. The van der Waals surface area contributed by atoms with Crippen LogP contribution in [0.15, 0.2) is 18.2 Å². The molecule has 2 aliphatic rings. The zero-order valence-electron chi connectivity index (χ0n) is 15.7. The number of anilines is 2. The monoisotopic (exact) mass is 343 g/mol. The molecule has 1 aromatic rings. The molecule has 1 amide bonds. The van der Waals surface area contributed by atoms with E-state index < -0.39 is 0 Å². The first-order valence-electron chi connectivity index (χ1n) is 10.0. The minimum Gasteiger partial charge on any atom is -0.397 e. The Labute approximate surface area is 152 Å². The van der Waals surface area contributed by atoms with E-state index in [0.29, 0.717) is 12.3 Å². The van der Waals surface area contributed by atoms with Gasteiger partial charge in [0.25, 0.3) is 0 Å². The first kappa shape index (κ1) is 18.1. The van der Waals surface area contributed by atoms with Crippen molar-refractivity contribution in [3.05, 3.63) is 23.8 Å². The molecule has 0 radical (unpaired) electrons. The Morgan fingerprint density at radius 1 is 1.08 bits per heavy atom. The van der Waals surface area contributed by atoms with Gasteiger partial charge in [0.05, 0.1) is 11.4 Å². The highest BCUT2D eigenvalue weighted by Gasteiger charge is 2.18. The summed E-state index contributed by atoms with van der Waals surface area (Å²) in [6, 6.07) is 6.37. The summed E-state index contributed by atoms with van der Waals surface area (Å²) < 4.78 is 0. The van der Waals surface area contributed by atoms with E-state index >= 15 is 0 Å². The smallest absolute Gasteiger partial charge is 0.222 e. The molecule has 25 heavy (non-hydrogen) atoms. The Balaban J connectivity index is 1.54. The molecule has 0 aliphatic carbocycles. The molecule has 2 N–H and O–H groups in total. The molecule has 0 saturated carbocycles. The summed E-state index contributed by atoms with van der Waals surface area (Å²) in [5.74, 6) is 1.12. The molecule has 138 valence electrons. The lowest BCUT2D eigenvalue weighted by atomic mass is 9.98. The summed E-state index contributed by atoms with van der Waals surface area (Å²) in [4.78, 5) is 16.9. The third-order valence-electron chi connectivity index (χ3n) is 5.80. The number of benzene rings is 1. The summed E-state index contributed by atoms with van der Waals surface area (Å²) in [5, 5.41) is 0. The molecule has 0 spiro atoms. The topological polar surface area (TPSA) is 49.6 Å². The van der Waals surface area contributed by atoms with Crippen molar-refractivity contribution in [1.82, 2.24) is 4.90 Å². The molecule has 2 aliphatic heterocycles. The van der Waals surface area contributed by atoms with Crippen molar-refractivity contribution in [2.24, 2.45) is 5.92 Å². The van der Waals surface area contributed by atoms with Crippen LogP contribution in [-0.2, 0) is 11.2 Å². The molecule has 4 nitrogen and oxygen atoms in total. The number of hydrogen-bond acceptors (Lipinski definition) is 3. The third-order valence-corrected chi connectivity index (χ3v) is 5.80. The van der Waals surface area contributed by atoms with Crippen molar-refractivity contribution in [2.75, 3.05) is 36.8 Å². The second-order valence-electron chi connectivity index (χ2n) is 7.86. The zero-order chi connectivity index (χ0) is 17.6. The van der Waals surface area contributed by atoms with Gasteiger partial charge < -0.3 is 15.5 Å². The molecule has 1 aromatic carbocycles. The van der Waals surface area contributed by atoms with E-state index in [2.05, 4.69) is 34.9 Å². The largest absolute Gasteiger partial charge is 0.397 e. The summed E-state index contributed by atoms with van der Waals surface area (Å²) >= 11 is 0. The molecule has 2 fully saturated rings. The summed E-state index contributed by atoms with van der Waals surface area (Å²) in [6.07, 6.45) is 8.70. The minimum atomic E-state index is 0.301. The molecule has 0 atom stereocenters. The average Bonchev–Trinajstić information content (AvgIpc) is 2.90. The molecular formula is C21H33N3O. The van der Waals surface area contributed by atoms with Crippen LogP contribution in [0.5, 0.6) is 0 Å². The maximum atomic E-state index is 12.4. The van der Waals surface area contributed by atoms with E-state index in [0.717, 1.165) is 62.7 Å². The zero-order valence-corrected chi connectivity index (χ0v) is 15.7. The maximum Gasteiger partial charge on any atom is 0.222 e. The molecule has 4 heteroatoms. The van der Waals surface area contributed by atoms with E-state index in [-0.39, 0.29) is 0 Å². The Bertz CT molecular complexity index is 571. The van der Waals surface area contributed by atoms with Crippen LogP contribution >= 0.6 is 0 Å². The number of piperidine rings is 1. The number of aryl methyl sites for hydroxylation is 1. The first-order valence-corrected chi connectivity index (χ1v) is 10.0. The lowest BCUT2D eigenvalue weighted by Gasteiger charge is -2.33.